The van der Waals surface area contributed by atoms with Crippen molar-refractivity contribution in [2.45, 2.75) is 19.0 Å². The molecule has 0 spiro atoms. The van der Waals surface area contributed by atoms with E-state index in [0.29, 0.717) is 13.0 Å². The van der Waals surface area contributed by atoms with E-state index in [4.69, 9.17) is 4.74 Å². The van der Waals surface area contributed by atoms with Crippen molar-refractivity contribution in [2.24, 2.45) is 0 Å². The second-order valence-electron chi connectivity index (χ2n) is 6.78. The molecule has 3 aromatic rings. The predicted octanol–water partition coefficient (Wildman–Crippen LogP) is 4.35. The first-order chi connectivity index (χ1) is 14.0. The number of amides is 2. The number of benzene rings is 2. The van der Waals surface area contributed by atoms with Crippen molar-refractivity contribution >= 4 is 6.03 Å². The summed E-state index contributed by atoms with van der Waals surface area (Å²) in [7, 11) is 3.34. The zero-order valence-corrected chi connectivity index (χ0v) is 16.5. The lowest BCUT2D eigenvalue weighted by atomic mass is 9.98. The molecule has 0 fully saturated rings. The summed E-state index contributed by atoms with van der Waals surface area (Å²) in [6.45, 7) is 0.401. The van der Waals surface area contributed by atoms with Gasteiger partial charge < -0.3 is 15.0 Å². The van der Waals surface area contributed by atoms with Crippen LogP contribution in [0.25, 0.3) is 0 Å². The van der Waals surface area contributed by atoms with Gasteiger partial charge in [-0.25, -0.2) is 9.18 Å². The highest BCUT2D eigenvalue weighted by atomic mass is 19.1. The minimum Gasteiger partial charge on any atom is -0.497 e. The Labute approximate surface area is 170 Å². The van der Waals surface area contributed by atoms with Crippen LogP contribution in [0.4, 0.5) is 9.18 Å². The summed E-state index contributed by atoms with van der Waals surface area (Å²) in [5, 5.41) is 3.08. The van der Waals surface area contributed by atoms with Crippen LogP contribution in [0.5, 0.6) is 5.75 Å². The van der Waals surface area contributed by atoms with E-state index < -0.39 is 0 Å². The summed E-state index contributed by atoms with van der Waals surface area (Å²) in [5.41, 5.74) is 2.68. The van der Waals surface area contributed by atoms with E-state index in [1.807, 2.05) is 42.5 Å². The van der Waals surface area contributed by atoms with Crippen molar-refractivity contribution < 1.29 is 13.9 Å². The van der Waals surface area contributed by atoms with Crippen LogP contribution in [-0.2, 0) is 13.0 Å². The van der Waals surface area contributed by atoms with Gasteiger partial charge in [0.1, 0.15) is 11.6 Å². The van der Waals surface area contributed by atoms with Crippen molar-refractivity contribution in [3.8, 4) is 5.75 Å². The zero-order valence-electron chi connectivity index (χ0n) is 16.5. The maximum atomic E-state index is 13.3. The molecule has 0 aliphatic heterocycles. The molecular formula is C23H24FN3O2. The van der Waals surface area contributed by atoms with E-state index >= 15 is 0 Å². The van der Waals surface area contributed by atoms with Crippen LogP contribution >= 0.6 is 0 Å². The highest BCUT2D eigenvalue weighted by molar-refractivity contribution is 5.74. The van der Waals surface area contributed by atoms with Crippen molar-refractivity contribution in [3.63, 3.8) is 0 Å². The van der Waals surface area contributed by atoms with E-state index in [1.165, 1.54) is 12.1 Å². The molecule has 150 valence electrons. The van der Waals surface area contributed by atoms with E-state index in [1.54, 1.807) is 37.4 Å². The number of carbonyl (C=O) groups excluding carboxylic acids is 1. The fraction of sp³-hybridized carbons (Fsp3) is 0.217. The molecule has 29 heavy (non-hydrogen) atoms. The molecule has 0 aliphatic carbocycles. The minimum atomic E-state index is -0.283. The van der Waals surface area contributed by atoms with Gasteiger partial charge in [-0.2, -0.15) is 0 Å². The van der Waals surface area contributed by atoms with Crippen molar-refractivity contribution in [3.05, 3.63) is 95.6 Å². The normalized spacial score (nSPS) is 11.6. The molecule has 0 bridgehead atoms. The average molecular weight is 393 g/mol. The Bertz CT molecular complexity index is 915. The Morgan fingerprint density at radius 1 is 1.10 bits per heavy atom. The van der Waals surface area contributed by atoms with Crippen LogP contribution < -0.4 is 10.1 Å². The maximum absolute atomic E-state index is 13.3. The molecule has 1 heterocycles. The third-order valence-corrected chi connectivity index (χ3v) is 4.64. The standard InChI is InChI=1S/C23H24FN3O2/c1-27(16-20-5-3-4-14-25-20)23(28)26-22(15-17-6-10-19(24)11-7-17)18-8-12-21(29-2)13-9-18/h3-14,22H,15-16H2,1-2H3,(H,26,28). The SMILES string of the molecule is COc1ccc(C(Cc2ccc(F)cc2)NC(=O)N(C)Cc2ccccn2)cc1. The molecule has 6 heteroatoms. The number of methoxy groups -OCH3 is 1. The smallest absolute Gasteiger partial charge is 0.317 e. The van der Waals surface area contributed by atoms with Gasteiger partial charge in [0.15, 0.2) is 0 Å². The van der Waals surface area contributed by atoms with Crippen LogP contribution in [0.1, 0.15) is 22.9 Å². The van der Waals surface area contributed by atoms with Crippen LogP contribution in [0.2, 0.25) is 0 Å². The topological polar surface area (TPSA) is 54.5 Å². The number of pyridine rings is 1. The Kier molecular flexibility index (Phi) is 6.79. The highest BCUT2D eigenvalue weighted by Gasteiger charge is 2.18. The fourth-order valence-corrected chi connectivity index (χ4v) is 3.01. The lowest BCUT2D eigenvalue weighted by molar-refractivity contribution is 0.202. The van der Waals surface area contributed by atoms with Gasteiger partial charge in [-0.05, 0) is 53.9 Å². The summed E-state index contributed by atoms with van der Waals surface area (Å²) in [5.74, 6) is 0.460. The second-order valence-corrected chi connectivity index (χ2v) is 6.78. The second kappa shape index (κ2) is 9.68. The van der Waals surface area contributed by atoms with Gasteiger partial charge in [0.2, 0.25) is 0 Å². The lowest BCUT2D eigenvalue weighted by Gasteiger charge is -2.24. The van der Waals surface area contributed by atoms with Crippen LogP contribution in [0, 0.1) is 5.82 Å². The number of ether oxygens (including phenoxy) is 1. The largest absolute Gasteiger partial charge is 0.497 e. The highest BCUT2D eigenvalue weighted by Crippen LogP contribution is 2.22. The van der Waals surface area contributed by atoms with Gasteiger partial charge in [-0.1, -0.05) is 30.3 Å². The van der Waals surface area contributed by atoms with E-state index in [-0.39, 0.29) is 17.9 Å². The fourth-order valence-electron chi connectivity index (χ4n) is 3.01. The molecule has 1 unspecified atom stereocenters. The van der Waals surface area contributed by atoms with Crippen LogP contribution in [0.3, 0.4) is 0 Å². The Balaban J connectivity index is 1.75. The molecule has 0 aliphatic rings. The number of urea groups is 1. The third-order valence-electron chi connectivity index (χ3n) is 4.64. The first kappa shape index (κ1) is 20.3. The number of halogens is 1. The van der Waals surface area contributed by atoms with Crippen molar-refractivity contribution in [2.75, 3.05) is 14.2 Å². The maximum Gasteiger partial charge on any atom is 0.317 e. The first-order valence-electron chi connectivity index (χ1n) is 9.35. The zero-order chi connectivity index (χ0) is 20.6. The Morgan fingerprint density at radius 3 is 2.45 bits per heavy atom. The number of aromatic nitrogens is 1. The molecule has 2 amide bonds. The minimum absolute atomic E-state index is 0.210. The summed E-state index contributed by atoms with van der Waals surface area (Å²) in [6, 6.07) is 19.0. The third kappa shape index (κ3) is 5.78. The molecule has 5 nitrogen and oxygen atoms in total. The Morgan fingerprint density at radius 2 is 1.83 bits per heavy atom. The first-order valence-corrected chi connectivity index (χ1v) is 9.35. The molecule has 1 atom stereocenters. The molecule has 3 rings (SSSR count). The van der Waals surface area contributed by atoms with Gasteiger partial charge in [-0.3, -0.25) is 4.98 Å². The van der Waals surface area contributed by atoms with E-state index in [2.05, 4.69) is 10.3 Å². The molecule has 1 N–H and O–H groups in total. The lowest BCUT2D eigenvalue weighted by Crippen LogP contribution is -2.39. The van der Waals surface area contributed by atoms with E-state index in [0.717, 1.165) is 22.6 Å². The molecule has 1 aromatic heterocycles. The Hall–Kier alpha value is -3.41. The number of carbonyl (C=O) groups is 1. The van der Waals surface area contributed by atoms with Gasteiger partial charge >= 0.3 is 6.03 Å². The van der Waals surface area contributed by atoms with Gasteiger partial charge in [0.05, 0.1) is 25.4 Å². The van der Waals surface area contributed by atoms with Crippen LogP contribution in [0.15, 0.2) is 72.9 Å². The molecule has 0 saturated heterocycles. The number of rotatable bonds is 7. The number of nitrogens with zero attached hydrogens (tertiary/aromatic N) is 2. The van der Waals surface area contributed by atoms with Crippen molar-refractivity contribution in [1.82, 2.24) is 15.2 Å². The molecule has 0 saturated carbocycles. The molecule has 2 aromatic carbocycles. The molecule has 0 radical (unpaired) electrons. The van der Waals surface area contributed by atoms with Crippen molar-refractivity contribution in [1.29, 1.82) is 0 Å². The number of hydrogen-bond acceptors (Lipinski definition) is 3. The predicted molar refractivity (Wildman–Crippen MR) is 110 cm³/mol. The summed E-state index contributed by atoms with van der Waals surface area (Å²) in [4.78, 5) is 18.7. The summed E-state index contributed by atoms with van der Waals surface area (Å²) < 4.78 is 18.5. The van der Waals surface area contributed by atoms with Gasteiger partial charge in [0.25, 0.3) is 0 Å². The summed E-state index contributed by atoms with van der Waals surface area (Å²) >= 11 is 0. The summed E-state index contributed by atoms with van der Waals surface area (Å²) in [6.07, 6.45) is 2.24. The van der Waals surface area contributed by atoms with Gasteiger partial charge in [0, 0.05) is 13.2 Å². The number of nitrogens with one attached hydrogen (secondary N) is 1. The monoisotopic (exact) mass is 393 g/mol. The quantitative estimate of drug-likeness (QED) is 0.649. The van der Waals surface area contributed by atoms with Gasteiger partial charge in [-0.15, -0.1) is 0 Å². The average Bonchev–Trinajstić information content (AvgIpc) is 2.75. The van der Waals surface area contributed by atoms with Crippen LogP contribution in [-0.4, -0.2) is 30.1 Å². The van der Waals surface area contributed by atoms with E-state index in [9.17, 15) is 9.18 Å². The number of hydrogen-bond donors (Lipinski definition) is 1. The molecular weight excluding hydrogens is 369 g/mol.